The molecule has 2 aliphatic carbocycles. The van der Waals surface area contributed by atoms with Crippen LogP contribution in [0.25, 0.3) is 0 Å². The number of fused-ring (bicyclic) bond motifs is 2. The summed E-state index contributed by atoms with van der Waals surface area (Å²) >= 11 is 0. The zero-order valence-corrected chi connectivity index (χ0v) is 17.4. The lowest BCUT2D eigenvalue weighted by molar-refractivity contribution is 0.0799. The predicted octanol–water partition coefficient (Wildman–Crippen LogP) is 4.20. The molecule has 5 nitrogen and oxygen atoms in total. The van der Waals surface area contributed by atoms with E-state index in [9.17, 15) is 13.2 Å². The second kappa shape index (κ2) is 6.48. The van der Waals surface area contributed by atoms with Crippen LogP contribution in [0.2, 0.25) is 0 Å². The molecule has 2 aromatic rings. The molecule has 3 atom stereocenters. The Labute approximate surface area is 166 Å². The summed E-state index contributed by atoms with van der Waals surface area (Å²) in [5.74, 6) is 0.542. The second-order valence-electron chi connectivity index (χ2n) is 8.97. The number of hydrogen-bond donors (Lipinski definition) is 1. The third-order valence-corrected chi connectivity index (χ3v) is 9.07. The first kappa shape index (κ1) is 19.2. The molecule has 0 radical (unpaired) electrons. The standard InChI is InChI=1S/C22H27NO4S/c1-21(2)15-11-12-22(21,3)19(13-15)23-20(24)18-10-9-16(27-18)14-28(25,26)17-7-5-4-6-8-17/h4-10,15,19H,11-14H2,1-3H3,(H,23,24)/t15-,19-,22-/m1/s1. The average Bonchev–Trinajstić information content (AvgIpc) is 3.25. The smallest absolute Gasteiger partial charge is 0.287 e. The molecular formula is C22H27NO4S. The third-order valence-electron chi connectivity index (χ3n) is 7.42. The highest BCUT2D eigenvalue weighted by molar-refractivity contribution is 7.90. The van der Waals surface area contributed by atoms with Gasteiger partial charge in [0.2, 0.25) is 0 Å². The highest BCUT2D eigenvalue weighted by Gasteiger charge is 2.61. The van der Waals surface area contributed by atoms with Crippen molar-refractivity contribution in [3.8, 4) is 0 Å². The zero-order valence-electron chi connectivity index (χ0n) is 16.6. The van der Waals surface area contributed by atoms with Crippen molar-refractivity contribution in [1.29, 1.82) is 0 Å². The summed E-state index contributed by atoms with van der Waals surface area (Å²) in [6, 6.07) is 11.5. The molecule has 1 N–H and O–H groups in total. The predicted molar refractivity (Wildman–Crippen MR) is 107 cm³/mol. The van der Waals surface area contributed by atoms with Gasteiger partial charge in [-0.25, -0.2) is 8.42 Å². The van der Waals surface area contributed by atoms with Gasteiger partial charge in [-0.15, -0.1) is 0 Å². The van der Waals surface area contributed by atoms with Crippen LogP contribution in [0.15, 0.2) is 51.8 Å². The first-order valence-electron chi connectivity index (χ1n) is 9.81. The van der Waals surface area contributed by atoms with Crippen molar-refractivity contribution in [1.82, 2.24) is 5.32 Å². The molecule has 2 bridgehead atoms. The van der Waals surface area contributed by atoms with Crippen LogP contribution in [0.1, 0.15) is 56.3 Å². The minimum Gasteiger partial charge on any atom is -0.455 e. The number of carbonyl (C=O) groups is 1. The Morgan fingerprint density at radius 1 is 1.14 bits per heavy atom. The SMILES string of the molecule is CC1(C)[C@@H]2CC[C@]1(C)[C@H](NC(=O)c1ccc(CS(=O)(=O)c3ccccc3)o1)C2. The van der Waals surface area contributed by atoms with Crippen LogP contribution in [0, 0.1) is 16.7 Å². The van der Waals surface area contributed by atoms with Crippen LogP contribution in [-0.2, 0) is 15.6 Å². The maximum atomic E-state index is 12.7. The van der Waals surface area contributed by atoms with E-state index in [4.69, 9.17) is 4.42 Å². The van der Waals surface area contributed by atoms with E-state index in [1.165, 1.54) is 6.42 Å². The molecule has 1 amide bonds. The van der Waals surface area contributed by atoms with Gasteiger partial charge >= 0.3 is 0 Å². The molecule has 2 aliphatic rings. The van der Waals surface area contributed by atoms with Gasteiger partial charge < -0.3 is 9.73 Å². The molecule has 1 aromatic carbocycles. The number of carbonyl (C=O) groups excluding carboxylic acids is 1. The van der Waals surface area contributed by atoms with Gasteiger partial charge in [-0.1, -0.05) is 39.0 Å². The van der Waals surface area contributed by atoms with Gasteiger partial charge in [-0.3, -0.25) is 4.79 Å². The fourth-order valence-electron chi connectivity index (χ4n) is 5.13. The maximum Gasteiger partial charge on any atom is 0.287 e. The van der Waals surface area contributed by atoms with Crippen molar-refractivity contribution < 1.29 is 17.6 Å². The van der Waals surface area contributed by atoms with Crippen LogP contribution >= 0.6 is 0 Å². The number of amides is 1. The van der Waals surface area contributed by atoms with E-state index in [-0.39, 0.29) is 44.9 Å². The Morgan fingerprint density at radius 3 is 2.46 bits per heavy atom. The van der Waals surface area contributed by atoms with Crippen molar-refractivity contribution in [3.05, 3.63) is 54.0 Å². The Hall–Kier alpha value is -2.08. The van der Waals surface area contributed by atoms with E-state index < -0.39 is 9.84 Å². The molecule has 6 heteroatoms. The Balaban J connectivity index is 1.46. The summed E-state index contributed by atoms with van der Waals surface area (Å²) in [5, 5.41) is 3.15. The number of furan rings is 1. The lowest BCUT2D eigenvalue weighted by Crippen LogP contribution is -2.46. The highest BCUT2D eigenvalue weighted by atomic mass is 32.2. The Kier molecular flexibility index (Phi) is 4.45. The van der Waals surface area contributed by atoms with E-state index in [1.807, 2.05) is 0 Å². The summed E-state index contributed by atoms with van der Waals surface area (Å²) in [6.07, 6.45) is 3.33. The molecule has 1 heterocycles. The number of benzene rings is 1. The Bertz CT molecular complexity index is 993. The highest BCUT2D eigenvalue weighted by Crippen LogP contribution is 2.65. The molecule has 28 heavy (non-hydrogen) atoms. The Morgan fingerprint density at radius 2 is 1.86 bits per heavy atom. The molecule has 0 saturated heterocycles. The van der Waals surface area contributed by atoms with Crippen molar-refractivity contribution in [2.45, 2.75) is 56.7 Å². The van der Waals surface area contributed by atoms with E-state index in [0.717, 1.165) is 12.8 Å². The minimum atomic E-state index is -3.51. The second-order valence-corrected chi connectivity index (χ2v) is 11.0. The number of rotatable bonds is 5. The zero-order chi connectivity index (χ0) is 20.2. The van der Waals surface area contributed by atoms with Crippen LogP contribution in [-0.4, -0.2) is 20.4 Å². The average molecular weight is 402 g/mol. The fourth-order valence-corrected chi connectivity index (χ4v) is 6.40. The maximum absolute atomic E-state index is 12.7. The van der Waals surface area contributed by atoms with Gasteiger partial charge in [0.05, 0.1) is 4.90 Å². The molecule has 0 spiro atoms. The van der Waals surface area contributed by atoms with Gasteiger partial charge in [0.15, 0.2) is 15.6 Å². The third kappa shape index (κ3) is 2.98. The van der Waals surface area contributed by atoms with Crippen LogP contribution in [0.3, 0.4) is 0 Å². The van der Waals surface area contributed by atoms with Gasteiger partial charge in [0.1, 0.15) is 11.5 Å². The first-order valence-corrected chi connectivity index (χ1v) is 11.5. The monoisotopic (exact) mass is 401 g/mol. The number of nitrogens with one attached hydrogen (secondary N) is 1. The normalized spacial score (nSPS) is 28.4. The van der Waals surface area contributed by atoms with Crippen LogP contribution in [0.4, 0.5) is 0 Å². The molecule has 0 unspecified atom stereocenters. The number of hydrogen-bond acceptors (Lipinski definition) is 4. The minimum absolute atomic E-state index is 0.0827. The summed E-state index contributed by atoms with van der Waals surface area (Å²) in [6.45, 7) is 6.87. The van der Waals surface area contributed by atoms with Crippen molar-refractivity contribution in [3.63, 3.8) is 0 Å². The summed E-state index contributed by atoms with van der Waals surface area (Å²) in [7, 11) is -3.51. The fraction of sp³-hybridized carbons (Fsp3) is 0.500. The van der Waals surface area contributed by atoms with Crippen molar-refractivity contribution >= 4 is 15.7 Å². The summed E-state index contributed by atoms with van der Waals surface area (Å²) in [5.41, 5.74) is 0.294. The topological polar surface area (TPSA) is 76.4 Å². The van der Waals surface area contributed by atoms with Crippen molar-refractivity contribution in [2.75, 3.05) is 0 Å². The molecule has 0 aliphatic heterocycles. The lowest BCUT2D eigenvalue weighted by Gasteiger charge is -2.39. The summed E-state index contributed by atoms with van der Waals surface area (Å²) in [4.78, 5) is 13.0. The van der Waals surface area contributed by atoms with Crippen molar-refractivity contribution in [2.24, 2.45) is 16.7 Å². The van der Waals surface area contributed by atoms with Crippen LogP contribution < -0.4 is 5.32 Å². The van der Waals surface area contributed by atoms with Crippen LogP contribution in [0.5, 0.6) is 0 Å². The van der Waals surface area contributed by atoms with E-state index in [1.54, 1.807) is 42.5 Å². The molecule has 2 fully saturated rings. The quantitative estimate of drug-likeness (QED) is 0.815. The van der Waals surface area contributed by atoms with Gasteiger partial charge in [0, 0.05) is 6.04 Å². The van der Waals surface area contributed by atoms with Gasteiger partial charge in [-0.2, -0.15) is 0 Å². The van der Waals surface area contributed by atoms with Gasteiger partial charge in [-0.05, 0) is 60.3 Å². The summed E-state index contributed by atoms with van der Waals surface area (Å²) < 4.78 is 30.6. The molecule has 150 valence electrons. The first-order chi connectivity index (χ1) is 13.1. The van der Waals surface area contributed by atoms with Gasteiger partial charge in [0.25, 0.3) is 5.91 Å². The van der Waals surface area contributed by atoms with E-state index >= 15 is 0 Å². The number of sulfone groups is 1. The van der Waals surface area contributed by atoms with E-state index in [0.29, 0.717) is 5.92 Å². The molecule has 4 rings (SSSR count). The molecule has 1 aromatic heterocycles. The largest absolute Gasteiger partial charge is 0.455 e. The molecular weight excluding hydrogens is 374 g/mol. The van der Waals surface area contributed by atoms with E-state index in [2.05, 4.69) is 26.1 Å². The lowest BCUT2D eigenvalue weighted by atomic mass is 9.69. The molecule has 2 saturated carbocycles.